The smallest absolute Gasteiger partial charge is 0.0552 e. The van der Waals surface area contributed by atoms with E-state index in [1.165, 1.54) is 9.81 Å². The van der Waals surface area contributed by atoms with Crippen LogP contribution in [0.5, 0.6) is 0 Å². The van der Waals surface area contributed by atoms with Gasteiger partial charge in [0.25, 0.3) is 0 Å². The molecule has 0 aromatic carbocycles. The summed E-state index contributed by atoms with van der Waals surface area (Å²) in [5, 5.41) is 2.21. The lowest BCUT2D eigenvalue weighted by molar-refractivity contribution is 1.64. The third-order valence-corrected chi connectivity index (χ3v) is 9.34. The molecule has 0 saturated heterocycles. The Balaban J connectivity index is 2.35. The summed E-state index contributed by atoms with van der Waals surface area (Å²) in [7, 11) is 4.39. The lowest BCUT2D eigenvalue weighted by Gasteiger charge is -1.98. The second-order valence-electron chi connectivity index (χ2n) is 2.20. The number of hydrogen-bond acceptors (Lipinski definition) is 3. The molecular formula is C7H8S4. The van der Waals surface area contributed by atoms with E-state index in [0.29, 0.717) is 8.55 Å². The molecule has 0 aliphatic carbocycles. The molecule has 0 bridgehead atoms. The van der Waals surface area contributed by atoms with E-state index in [1.807, 2.05) is 33.3 Å². The van der Waals surface area contributed by atoms with Gasteiger partial charge in [-0.2, -0.15) is 0 Å². The van der Waals surface area contributed by atoms with Crippen LogP contribution in [0.25, 0.3) is 0 Å². The fraction of sp³-hybridized carbons (Fsp3) is 0.286. The van der Waals surface area contributed by atoms with E-state index in [0.717, 1.165) is 0 Å². The van der Waals surface area contributed by atoms with Crippen LogP contribution in [0.1, 0.15) is 6.92 Å². The van der Waals surface area contributed by atoms with E-state index in [2.05, 4.69) is 24.7 Å². The van der Waals surface area contributed by atoms with Crippen LogP contribution in [-0.4, -0.2) is 11.1 Å². The molecule has 1 unspecified atom stereocenters. The zero-order valence-electron chi connectivity index (χ0n) is 6.29. The molecule has 2 aliphatic heterocycles. The molecule has 0 saturated carbocycles. The van der Waals surface area contributed by atoms with E-state index >= 15 is 0 Å². The molecule has 0 spiro atoms. The molecule has 0 N–H and O–H groups in total. The first kappa shape index (κ1) is 8.35. The fourth-order valence-electron chi connectivity index (χ4n) is 0.981. The van der Waals surface area contributed by atoms with Crippen molar-refractivity contribution >= 4 is 46.8 Å². The van der Waals surface area contributed by atoms with Gasteiger partial charge in [0.05, 0.1) is 4.24 Å². The van der Waals surface area contributed by atoms with Gasteiger partial charge in [-0.25, -0.2) is 0 Å². The lowest BCUT2D eigenvalue weighted by atomic mass is 10.2. The summed E-state index contributed by atoms with van der Waals surface area (Å²) in [6, 6.07) is 0. The van der Waals surface area contributed by atoms with E-state index in [-0.39, 0.29) is 0 Å². The summed E-state index contributed by atoms with van der Waals surface area (Å²) in [5.41, 5.74) is 1.51. The summed E-state index contributed by atoms with van der Waals surface area (Å²) >= 11 is 1.88. The van der Waals surface area contributed by atoms with Crippen molar-refractivity contribution in [1.29, 1.82) is 0 Å². The van der Waals surface area contributed by atoms with Gasteiger partial charge in [-0.15, -0.1) is 11.8 Å². The SMILES string of the molecule is CSC1=C(C)C2=S(SC=C2)S1. The highest BCUT2D eigenvalue weighted by molar-refractivity contribution is 9.18. The zero-order valence-corrected chi connectivity index (χ0v) is 9.55. The molecular weight excluding hydrogens is 212 g/mol. The Morgan fingerprint density at radius 1 is 1.55 bits per heavy atom. The normalized spacial score (nSPS) is 28.5. The summed E-state index contributed by atoms with van der Waals surface area (Å²) in [5.74, 6) is 0. The predicted octanol–water partition coefficient (Wildman–Crippen LogP) is 3.86. The monoisotopic (exact) mass is 220 g/mol. The van der Waals surface area contributed by atoms with Gasteiger partial charge in [-0.1, -0.05) is 19.3 Å². The molecule has 0 aromatic rings. The summed E-state index contributed by atoms with van der Waals surface area (Å²) in [6.07, 6.45) is 4.42. The number of rotatable bonds is 1. The molecule has 4 heteroatoms. The van der Waals surface area contributed by atoms with Crippen molar-refractivity contribution in [3.05, 3.63) is 21.3 Å². The van der Waals surface area contributed by atoms with Crippen LogP contribution >= 0.6 is 41.9 Å². The maximum absolute atomic E-state index is 2.26. The van der Waals surface area contributed by atoms with E-state index in [9.17, 15) is 0 Å². The van der Waals surface area contributed by atoms with E-state index in [1.54, 1.807) is 4.86 Å². The average molecular weight is 220 g/mol. The van der Waals surface area contributed by atoms with Gasteiger partial charge in [0.2, 0.25) is 0 Å². The number of hydrogen-bond donors (Lipinski definition) is 0. The average Bonchev–Trinajstić information content (AvgIpc) is 2.53. The van der Waals surface area contributed by atoms with Crippen molar-refractivity contribution in [3.8, 4) is 0 Å². The molecule has 2 aliphatic rings. The third kappa shape index (κ3) is 1.34. The third-order valence-electron chi connectivity index (χ3n) is 1.55. The van der Waals surface area contributed by atoms with Crippen molar-refractivity contribution in [3.63, 3.8) is 0 Å². The van der Waals surface area contributed by atoms with Crippen LogP contribution in [0.2, 0.25) is 0 Å². The second kappa shape index (κ2) is 3.24. The summed E-state index contributed by atoms with van der Waals surface area (Å²) in [4.78, 5) is 1.56. The van der Waals surface area contributed by atoms with Crippen LogP contribution in [0, 0.1) is 0 Å². The molecule has 2 rings (SSSR count). The summed E-state index contributed by atoms with van der Waals surface area (Å²) < 4.78 is 1.51. The molecule has 60 valence electrons. The van der Waals surface area contributed by atoms with Crippen LogP contribution < -0.4 is 0 Å². The zero-order chi connectivity index (χ0) is 7.84. The molecule has 0 aromatic heterocycles. The first-order chi connectivity index (χ1) is 5.33. The van der Waals surface area contributed by atoms with Gasteiger partial charge < -0.3 is 0 Å². The van der Waals surface area contributed by atoms with Crippen molar-refractivity contribution in [2.75, 3.05) is 6.26 Å². The minimum absolute atomic E-state index is 0.416. The largest absolute Gasteiger partial charge is 0.122 e. The lowest BCUT2D eigenvalue weighted by Crippen LogP contribution is -1.88. The van der Waals surface area contributed by atoms with Crippen LogP contribution in [-0.2, 0) is 0 Å². The van der Waals surface area contributed by atoms with Crippen LogP contribution in [0.15, 0.2) is 21.3 Å². The predicted molar refractivity (Wildman–Crippen MR) is 63.1 cm³/mol. The van der Waals surface area contributed by atoms with E-state index in [4.69, 9.17) is 0 Å². The molecule has 11 heavy (non-hydrogen) atoms. The Morgan fingerprint density at radius 3 is 3.00 bits per heavy atom. The van der Waals surface area contributed by atoms with Gasteiger partial charge in [0.1, 0.15) is 0 Å². The Bertz CT molecular complexity index is 285. The molecule has 0 amide bonds. The Labute approximate surface area is 81.0 Å². The van der Waals surface area contributed by atoms with Gasteiger partial charge >= 0.3 is 0 Å². The maximum Gasteiger partial charge on any atom is 0.0552 e. The number of thioether (sulfide) groups is 1. The van der Waals surface area contributed by atoms with Crippen LogP contribution in [0.4, 0.5) is 0 Å². The number of allylic oxidation sites excluding steroid dienone is 2. The minimum Gasteiger partial charge on any atom is -0.122 e. The van der Waals surface area contributed by atoms with Crippen molar-refractivity contribution < 1.29 is 0 Å². The minimum atomic E-state index is 0.416. The van der Waals surface area contributed by atoms with Gasteiger partial charge in [0, 0.05) is 4.86 Å². The molecule has 1 atom stereocenters. The summed E-state index contributed by atoms with van der Waals surface area (Å²) in [6.45, 7) is 2.23. The highest BCUT2D eigenvalue weighted by Crippen LogP contribution is 2.60. The Hall–Kier alpha value is 0.750. The first-order valence-corrected chi connectivity index (χ1v) is 8.39. The van der Waals surface area contributed by atoms with Crippen molar-refractivity contribution in [2.45, 2.75) is 6.92 Å². The molecule has 0 radical (unpaired) electrons. The van der Waals surface area contributed by atoms with Crippen molar-refractivity contribution in [2.24, 2.45) is 0 Å². The van der Waals surface area contributed by atoms with Gasteiger partial charge in [-0.3, -0.25) is 0 Å². The molecule has 0 nitrogen and oxygen atoms in total. The first-order valence-electron chi connectivity index (χ1n) is 3.21. The van der Waals surface area contributed by atoms with Gasteiger partial charge in [0.15, 0.2) is 0 Å². The quantitative estimate of drug-likeness (QED) is 0.486. The van der Waals surface area contributed by atoms with Gasteiger partial charge in [-0.05, 0) is 41.0 Å². The Morgan fingerprint density at radius 2 is 2.36 bits per heavy atom. The maximum atomic E-state index is 2.26. The topological polar surface area (TPSA) is 0 Å². The fourth-order valence-corrected chi connectivity index (χ4v) is 9.34. The highest BCUT2D eigenvalue weighted by Gasteiger charge is 2.22. The van der Waals surface area contributed by atoms with Crippen LogP contribution in [0.3, 0.4) is 0 Å². The molecule has 2 heterocycles. The van der Waals surface area contributed by atoms with Crippen molar-refractivity contribution in [1.82, 2.24) is 0 Å². The second-order valence-corrected chi connectivity index (χ2v) is 8.93. The Kier molecular flexibility index (Phi) is 2.46. The standard InChI is InChI=1S/C7H8S4/c1-5-6-3-4-9-11(6)10-7(5)8-2/h3-4H,1-2H3. The highest BCUT2D eigenvalue weighted by atomic mass is 33.5. The van der Waals surface area contributed by atoms with E-state index < -0.39 is 0 Å². The molecule has 0 fully saturated rings.